The number of carbonyl (C=O) groups excluding carboxylic acids is 1. The molecule has 1 amide bonds. The first-order valence-electron chi connectivity index (χ1n) is 6.37. The topological polar surface area (TPSA) is 29.1 Å². The first-order valence-corrected chi connectivity index (χ1v) is 6.37. The van der Waals surface area contributed by atoms with E-state index in [1.807, 2.05) is 0 Å². The van der Waals surface area contributed by atoms with Crippen molar-refractivity contribution < 1.29 is 4.79 Å². The zero-order valence-electron chi connectivity index (χ0n) is 10.2. The molecule has 0 rings (SSSR count). The summed E-state index contributed by atoms with van der Waals surface area (Å²) in [6, 6.07) is 0. The van der Waals surface area contributed by atoms with Gasteiger partial charge >= 0.3 is 0 Å². The van der Waals surface area contributed by atoms with E-state index in [1.54, 1.807) is 0 Å². The Balaban J connectivity index is 3.11. The van der Waals surface area contributed by atoms with Crippen molar-refractivity contribution in [3.05, 3.63) is 6.92 Å². The molecule has 1 radical (unpaired) electrons. The third kappa shape index (κ3) is 11.4. The van der Waals surface area contributed by atoms with Crippen LogP contribution in [0, 0.1) is 6.92 Å². The van der Waals surface area contributed by atoms with Gasteiger partial charge in [0.15, 0.2) is 0 Å². The van der Waals surface area contributed by atoms with Crippen LogP contribution in [0.25, 0.3) is 0 Å². The maximum atomic E-state index is 11.3. The Morgan fingerprint density at radius 2 is 1.80 bits per heavy atom. The van der Waals surface area contributed by atoms with Crippen LogP contribution in [0.5, 0.6) is 0 Å². The fourth-order valence-corrected chi connectivity index (χ4v) is 1.51. The van der Waals surface area contributed by atoms with Crippen molar-refractivity contribution in [2.75, 3.05) is 6.54 Å². The molecule has 15 heavy (non-hydrogen) atoms. The molecule has 0 bridgehead atoms. The minimum absolute atomic E-state index is 0.218. The number of hydrogen-bond acceptors (Lipinski definition) is 1. The Morgan fingerprint density at radius 3 is 2.47 bits per heavy atom. The maximum absolute atomic E-state index is 11.3. The van der Waals surface area contributed by atoms with Crippen LogP contribution in [0.4, 0.5) is 0 Å². The van der Waals surface area contributed by atoms with E-state index < -0.39 is 0 Å². The van der Waals surface area contributed by atoms with Gasteiger partial charge in [-0.2, -0.15) is 0 Å². The normalized spacial score (nSPS) is 10.3. The molecule has 0 fully saturated rings. The van der Waals surface area contributed by atoms with Crippen molar-refractivity contribution in [1.82, 2.24) is 5.32 Å². The summed E-state index contributed by atoms with van der Waals surface area (Å²) in [5.41, 5.74) is 0. The first kappa shape index (κ1) is 14.5. The number of amides is 1. The Labute approximate surface area is 94.8 Å². The number of hydrogen-bond donors (Lipinski definition) is 1. The molecule has 0 heterocycles. The van der Waals surface area contributed by atoms with Gasteiger partial charge in [0.25, 0.3) is 0 Å². The van der Waals surface area contributed by atoms with Crippen LogP contribution in [-0.4, -0.2) is 12.5 Å². The van der Waals surface area contributed by atoms with Gasteiger partial charge < -0.3 is 5.32 Å². The van der Waals surface area contributed by atoms with Crippen LogP contribution in [0.15, 0.2) is 0 Å². The molecule has 2 nitrogen and oxygen atoms in total. The molecule has 0 aliphatic rings. The van der Waals surface area contributed by atoms with Crippen LogP contribution in [0.3, 0.4) is 0 Å². The molecular weight excluding hydrogens is 186 g/mol. The molecule has 0 saturated heterocycles. The molecule has 0 aromatic rings. The van der Waals surface area contributed by atoms with Crippen LogP contribution < -0.4 is 5.32 Å². The van der Waals surface area contributed by atoms with E-state index in [0.29, 0.717) is 6.42 Å². The van der Waals surface area contributed by atoms with E-state index in [1.165, 1.54) is 19.3 Å². The van der Waals surface area contributed by atoms with Gasteiger partial charge in [0.05, 0.1) is 0 Å². The smallest absolute Gasteiger partial charge is 0.219 e. The van der Waals surface area contributed by atoms with Gasteiger partial charge in [-0.15, -0.1) is 0 Å². The SMILES string of the molecule is [CH2]CCCCCC(=O)NCCCCCC. The molecule has 0 spiro atoms. The predicted molar refractivity (Wildman–Crippen MR) is 65.6 cm³/mol. The third-order valence-corrected chi connectivity index (χ3v) is 2.51. The highest BCUT2D eigenvalue weighted by atomic mass is 16.1. The average molecular weight is 212 g/mol. The fourth-order valence-electron chi connectivity index (χ4n) is 1.51. The zero-order chi connectivity index (χ0) is 11.4. The molecule has 89 valence electrons. The molecule has 0 unspecified atom stereocenters. The second kappa shape index (κ2) is 11.5. The quantitative estimate of drug-likeness (QED) is 0.552. The highest BCUT2D eigenvalue weighted by molar-refractivity contribution is 5.75. The summed E-state index contributed by atoms with van der Waals surface area (Å²) < 4.78 is 0. The monoisotopic (exact) mass is 212 g/mol. The molecule has 0 saturated carbocycles. The van der Waals surface area contributed by atoms with E-state index in [0.717, 1.165) is 38.6 Å². The van der Waals surface area contributed by atoms with Crippen LogP contribution in [-0.2, 0) is 4.79 Å². The lowest BCUT2D eigenvalue weighted by atomic mass is 10.1. The van der Waals surface area contributed by atoms with Crippen molar-refractivity contribution in [1.29, 1.82) is 0 Å². The summed E-state index contributed by atoms with van der Waals surface area (Å²) >= 11 is 0. The Hall–Kier alpha value is -0.530. The summed E-state index contributed by atoms with van der Waals surface area (Å²) in [5, 5.41) is 2.96. The zero-order valence-corrected chi connectivity index (χ0v) is 10.2. The summed E-state index contributed by atoms with van der Waals surface area (Å²) in [6.07, 6.45) is 9.84. The van der Waals surface area contributed by atoms with Crippen molar-refractivity contribution >= 4 is 5.91 Å². The summed E-state index contributed by atoms with van der Waals surface area (Å²) in [5.74, 6) is 0.218. The van der Waals surface area contributed by atoms with Gasteiger partial charge in [-0.25, -0.2) is 0 Å². The van der Waals surface area contributed by atoms with Crippen LogP contribution in [0.1, 0.15) is 64.7 Å². The number of nitrogens with one attached hydrogen (secondary N) is 1. The largest absolute Gasteiger partial charge is 0.356 e. The van der Waals surface area contributed by atoms with Gasteiger partial charge in [0.1, 0.15) is 0 Å². The molecule has 0 atom stereocenters. The molecule has 0 aromatic carbocycles. The van der Waals surface area contributed by atoms with Crippen LogP contribution in [0.2, 0.25) is 0 Å². The highest BCUT2D eigenvalue weighted by Crippen LogP contribution is 2.02. The molecule has 0 aliphatic heterocycles. The lowest BCUT2D eigenvalue weighted by Crippen LogP contribution is -2.23. The van der Waals surface area contributed by atoms with Crippen LogP contribution >= 0.6 is 0 Å². The second-order valence-electron chi connectivity index (χ2n) is 4.07. The summed E-state index contributed by atoms with van der Waals surface area (Å²) in [7, 11) is 0. The molecular formula is C13H26NO. The van der Waals surface area contributed by atoms with E-state index in [4.69, 9.17) is 0 Å². The van der Waals surface area contributed by atoms with Crippen molar-refractivity contribution in [2.24, 2.45) is 0 Å². The van der Waals surface area contributed by atoms with Crippen molar-refractivity contribution in [2.45, 2.75) is 64.7 Å². The van der Waals surface area contributed by atoms with E-state index >= 15 is 0 Å². The summed E-state index contributed by atoms with van der Waals surface area (Å²) in [4.78, 5) is 11.3. The number of rotatable bonds is 10. The molecule has 1 N–H and O–H groups in total. The van der Waals surface area contributed by atoms with Gasteiger partial charge in [0.2, 0.25) is 5.91 Å². The number of carbonyl (C=O) groups is 1. The maximum Gasteiger partial charge on any atom is 0.219 e. The summed E-state index contributed by atoms with van der Waals surface area (Å²) in [6.45, 7) is 6.83. The van der Waals surface area contributed by atoms with Crippen molar-refractivity contribution in [3.63, 3.8) is 0 Å². The molecule has 0 aliphatic carbocycles. The minimum atomic E-state index is 0.218. The van der Waals surface area contributed by atoms with Gasteiger partial charge in [0, 0.05) is 13.0 Å². The first-order chi connectivity index (χ1) is 7.31. The lowest BCUT2D eigenvalue weighted by Gasteiger charge is -2.04. The predicted octanol–water partition coefficient (Wildman–Crippen LogP) is 3.47. The Bertz CT molecular complexity index is 145. The van der Waals surface area contributed by atoms with Crippen molar-refractivity contribution in [3.8, 4) is 0 Å². The third-order valence-electron chi connectivity index (χ3n) is 2.51. The number of unbranched alkanes of at least 4 members (excludes halogenated alkanes) is 6. The minimum Gasteiger partial charge on any atom is -0.356 e. The van der Waals surface area contributed by atoms with Gasteiger partial charge in [-0.1, -0.05) is 52.4 Å². The van der Waals surface area contributed by atoms with E-state index in [9.17, 15) is 4.79 Å². The molecule has 0 aromatic heterocycles. The van der Waals surface area contributed by atoms with E-state index in [-0.39, 0.29) is 5.91 Å². The standard InChI is InChI=1S/C13H26NO/c1-3-5-7-9-11-13(15)14-12-10-8-6-4-2/h1,3-12H2,2H3,(H,14,15). The average Bonchev–Trinajstić information content (AvgIpc) is 2.24. The fraction of sp³-hybridized carbons (Fsp3) is 0.846. The Kier molecular flexibility index (Phi) is 11.1. The van der Waals surface area contributed by atoms with E-state index in [2.05, 4.69) is 19.2 Å². The lowest BCUT2D eigenvalue weighted by molar-refractivity contribution is -0.121. The van der Waals surface area contributed by atoms with Gasteiger partial charge in [-0.05, 0) is 12.8 Å². The Morgan fingerprint density at radius 1 is 1.07 bits per heavy atom. The van der Waals surface area contributed by atoms with Gasteiger partial charge in [-0.3, -0.25) is 4.79 Å². The second-order valence-corrected chi connectivity index (χ2v) is 4.07. The molecule has 2 heteroatoms. The highest BCUT2D eigenvalue weighted by Gasteiger charge is 1.99.